The molecule has 14 heavy (non-hydrogen) atoms. The summed E-state index contributed by atoms with van der Waals surface area (Å²) in [7, 11) is -3.47. The van der Waals surface area contributed by atoms with E-state index in [1.807, 2.05) is 6.07 Å². The minimum absolute atomic E-state index is 0.552. The highest BCUT2D eigenvalue weighted by Gasteiger charge is 2.31. The van der Waals surface area contributed by atoms with Gasteiger partial charge in [0.1, 0.15) is 5.54 Å². The van der Waals surface area contributed by atoms with Gasteiger partial charge >= 0.3 is 0 Å². The number of hydrogen-bond acceptors (Lipinski definition) is 3. The molecule has 0 aromatic carbocycles. The van der Waals surface area contributed by atoms with E-state index in [1.54, 1.807) is 13.8 Å². The van der Waals surface area contributed by atoms with Crippen LogP contribution < -0.4 is 4.72 Å². The number of nitrogens with one attached hydrogen (secondary N) is 1. The second-order valence-corrected chi connectivity index (χ2v) is 5.62. The average Bonchev–Trinajstić information content (AvgIpc) is 2.54. The molecule has 0 radical (unpaired) electrons. The highest BCUT2D eigenvalue weighted by molar-refractivity contribution is 7.87. The molecule has 0 amide bonds. The molecule has 0 aromatic heterocycles. The number of nitrogens with zero attached hydrogens (tertiary/aromatic N) is 2. The number of nitriles is 1. The summed E-state index contributed by atoms with van der Waals surface area (Å²) in [6, 6.07) is 1.90. The quantitative estimate of drug-likeness (QED) is 0.735. The summed E-state index contributed by atoms with van der Waals surface area (Å²) in [6.45, 7) is 4.19. The molecule has 1 aliphatic rings. The summed E-state index contributed by atoms with van der Waals surface area (Å²) in [5.41, 5.74) is -1.04. The molecule has 1 heterocycles. The smallest absolute Gasteiger partial charge is 0.196 e. The molecule has 6 heteroatoms. The summed E-state index contributed by atoms with van der Waals surface area (Å²) < 4.78 is 27.1. The molecule has 0 aromatic rings. The van der Waals surface area contributed by atoms with Crippen molar-refractivity contribution in [1.29, 1.82) is 5.26 Å². The molecule has 0 bridgehead atoms. The van der Waals surface area contributed by atoms with Crippen LogP contribution in [0.1, 0.15) is 26.7 Å². The molecule has 80 valence electrons. The molecule has 1 N–H and O–H groups in total. The largest absolute Gasteiger partial charge is 0.280 e. The van der Waals surface area contributed by atoms with Crippen LogP contribution in [0.15, 0.2) is 0 Å². The first-order valence-corrected chi connectivity index (χ1v) is 6.02. The van der Waals surface area contributed by atoms with E-state index in [2.05, 4.69) is 4.72 Å². The van der Waals surface area contributed by atoms with E-state index in [1.165, 1.54) is 4.31 Å². The Balaban J connectivity index is 2.72. The van der Waals surface area contributed by atoms with Gasteiger partial charge in [-0.25, -0.2) is 0 Å². The Morgan fingerprint density at radius 2 is 1.86 bits per heavy atom. The number of rotatable bonds is 3. The zero-order valence-corrected chi connectivity index (χ0v) is 9.26. The Hall–Kier alpha value is -0.640. The minimum Gasteiger partial charge on any atom is -0.196 e. The molecular weight excluding hydrogens is 202 g/mol. The van der Waals surface area contributed by atoms with E-state index in [0.29, 0.717) is 13.1 Å². The topological polar surface area (TPSA) is 73.2 Å². The van der Waals surface area contributed by atoms with Gasteiger partial charge in [0.05, 0.1) is 6.07 Å². The van der Waals surface area contributed by atoms with Crippen molar-refractivity contribution in [2.24, 2.45) is 0 Å². The Labute approximate surface area is 84.9 Å². The summed E-state index contributed by atoms with van der Waals surface area (Å²) in [4.78, 5) is 0. The van der Waals surface area contributed by atoms with Crippen LogP contribution in [0.5, 0.6) is 0 Å². The predicted octanol–water partition coefficient (Wildman–Crippen LogP) is 0.219. The predicted molar refractivity (Wildman–Crippen MR) is 52.6 cm³/mol. The van der Waals surface area contributed by atoms with Gasteiger partial charge in [0.25, 0.3) is 10.2 Å². The van der Waals surface area contributed by atoms with Crippen molar-refractivity contribution in [3.05, 3.63) is 0 Å². The minimum atomic E-state index is -3.47. The Morgan fingerprint density at radius 3 is 2.29 bits per heavy atom. The molecular formula is C8H15N3O2S. The monoisotopic (exact) mass is 217 g/mol. The van der Waals surface area contributed by atoms with Crippen molar-refractivity contribution in [3.63, 3.8) is 0 Å². The third kappa shape index (κ3) is 2.67. The summed E-state index contributed by atoms with van der Waals surface area (Å²) >= 11 is 0. The maximum atomic E-state index is 11.7. The van der Waals surface area contributed by atoms with Gasteiger partial charge in [0.15, 0.2) is 0 Å². The maximum Gasteiger partial charge on any atom is 0.280 e. The molecule has 1 aliphatic heterocycles. The van der Waals surface area contributed by atoms with Crippen molar-refractivity contribution >= 4 is 10.2 Å². The van der Waals surface area contributed by atoms with Gasteiger partial charge in [-0.05, 0) is 26.7 Å². The van der Waals surface area contributed by atoms with E-state index in [-0.39, 0.29) is 0 Å². The lowest BCUT2D eigenvalue weighted by molar-refractivity contribution is 0.444. The first kappa shape index (κ1) is 11.4. The molecule has 0 unspecified atom stereocenters. The maximum absolute atomic E-state index is 11.7. The highest BCUT2D eigenvalue weighted by Crippen LogP contribution is 2.13. The Kier molecular flexibility index (Phi) is 3.14. The standard InChI is InChI=1S/C8H15N3O2S/c1-8(2,7-9)10-14(12,13)11-5-3-4-6-11/h10H,3-6H2,1-2H3. The molecule has 0 aliphatic carbocycles. The number of hydrogen-bond donors (Lipinski definition) is 1. The molecule has 1 fully saturated rings. The first-order chi connectivity index (χ1) is 6.37. The molecule has 1 saturated heterocycles. The fraction of sp³-hybridized carbons (Fsp3) is 0.875. The van der Waals surface area contributed by atoms with E-state index in [0.717, 1.165) is 12.8 Å². The molecule has 0 atom stereocenters. The lowest BCUT2D eigenvalue weighted by atomic mass is 10.1. The van der Waals surface area contributed by atoms with Crippen molar-refractivity contribution in [3.8, 4) is 6.07 Å². The van der Waals surface area contributed by atoms with Crippen LogP contribution in [0.4, 0.5) is 0 Å². The van der Waals surface area contributed by atoms with Crippen molar-refractivity contribution < 1.29 is 8.42 Å². The van der Waals surface area contributed by atoms with Crippen molar-refractivity contribution in [2.75, 3.05) is 13.1 Å². The van der Waals surface area contributed by atoms with Crippen LogP contribution in [0, 0.1) is 11.3 Å². The second-order valence-electron chi connectivity index (χ2n) is 3.95. The van der Waals surface area contributed by atoms with Crippen LogP contribution >= 0.6 is 0 Å². The Bertz CT molecular complexity index is 336. The van der Waals surface area contributed by atoms with Crippen molar-refractivity contribution in [2.45, 2.75) is 32.2 Å². The molecule has 1 rings (SSSR count). The fourth-order valence-corrected chi connectivity index (χ4v) is 2.90. The van der Waals surface area contributed by atoms with Gasteiger partial charge in [-0.15, -0.1) is 0 Å². The van der Waals surface area contributed by atoms with E-state index in [4.69, 9.17) is 5.26 Å². The van der Waals surface area contributed by atoms with Gasteiger partial charge < -0.3 is 0 Å². The zero-order valence-electron chi connectivity index (χ0n) is 8.45. The van der Waals surface area contributed by atoms with E-state index >= 15 is 0 Å². The van der Waals surface area contributed by atoms with Gasteiger partial charge in [0.2, 0.25) is 0 Å². The summed E-state index contributed by atoms with van der Waals surface area (Å²) in [5, 5.41) is 8.70. The normalized spacial score (nSPS) is 19.5. The van der Waals surface area contributed by atoms with Gasteiger partial charge in [-0.1, -0.05) is 0 Å². The highest BCUT2D eigenvalue weighted by atomic mass is 32.2. The first-order valence-electron chi connectivity index (χ1n) is 4.58. The lowest BCUT2D eigenvalue weighted by Crippen LogP contribution is -2.48. The van der Waals surface area contributed by atoms with Crippen LogP contribution in [0.2, 0.25) is 0 Å². The molecule has 0 spiro atoms. The zero-order chi connectivity index (χ0) is 10.8. The third-order valence-electron chi connectivity index (χ3n) is 2.07. The van der Waals surface area contributed by atoms with Crippen LogP contribution in [-0.4, -0.2) is 31.4 Å². The molecule has 0 saturated carbocycles. The van der Waals surface area contributed by atoms with Crippen LogP contribution in [-0.2, 0) is 10.2 Å². The van der Waals surface area contributed by atoms with Gasteiger partial charge in [-0.2, -0.15) is 22.7 Å². The van der Waals surface area contributed by atoms with E-state index in [9.17, 15) is 8.42 Å². The van der Waals surface area contributed by atoms with Gasteiger partial charge in [-0.3, -0.25) is 0 Å². The lowest BCUT2D eigenvalue weighted by Gasteiger charge is -2.22. The van der Waals surface area contributed by atoms with E-state index < -0.39 is 15.7 Å². The average molecular weight is 217 g/mol. The third-order valence-corrected chi connectivity index (χ3v) is 3.88. The SMILES string of the molecule is CC(C)(C#N)NS(=O)(=O)N1CCCC1. The van der Waals surface area contributed by atoms with Crippen LogP contribution in [0.25, 0.3) is 0 Å². The van der Waals surface area contributed by atoms with Crippen LogP contribution in [0.3, 0.4) is 0 Å². The molecule has 5 nitrogen and oxygen atoms in total. The van der Waals surface area contributed by atoms with Crippen molar-refractivity contribution in [1.82, 2.24) is 9.03 Å². The summed E-state index contributed by atoms with van der Waals surface area (Å²) in [5.74, 6) is 0. The van der Waals surface area contributed by atoms with Gasteiger partial charge in [0, 0.05) is 13.1 Å². The Morgan fingerprint density at radius 1 is 1.36 bits per heavy atom. The second kappa shape index (κ2) is 3.85. The fourth-order valence-electron chi connectivity index (χ4n) is 1.34. The summed E-state index contributed by atoms with van der Waals surface area (Å²) in [6.07, 6.45) is 1.79.